The van der Waals surface area contributed by atoms with Crippen molar-refractivity contribution in [3.63, 3.8) is 0 Å². The van der Waals surface area contributed by atoms with Crippen LogP contribution >= 0.6 is 0 Å². The van der Waals surface area contributed by atoms with Gasteiger partial charge in [0.1, 0.15) is 0 Å². The molecule has 0 bridgehead atoms. The van der Waals surface area contributed by atoms with E-state index in [1.54, 1.807) is 0 Å². The highest BCUT2D eigenvalue weighted by atomic mass is 16.1. The van der Waals surface area contributed by atoms with E-state index in [0.29, 0.717) is 6.42 Å². The molecule has 0 aromatic carbocycles. The number of carbonyl (C=O) groups is 1. The quantitative estimate of drug-likeness (QED) is 0.732. The van der Waals surface area contributed by atoms with Crippen molar-refractivity contribution in [1.82, 2.24) is 10.6 Å². The highest BCUT2D eigenvalue weighted by Gasteiger charge is 2.20. The fourth-order valence-corrected chi connectivity index (χ4v) is 1.42. The second kappa shape index (κ2) is 5.50. The Bertz CT molecular complexity index is 204. The Morgan fingerprint density at radius 3 is 2.00 bits per heavy atom. The molecular formula is C12H26N2O. The molecule has 0 spiro atoms. The van der Waals surface area contributed by atoms with Gasteiger partial charge in [-0.1, -0.05) is 34.6 Å². The maximum absolute atomic E-state index is 11.6. The second-order valence-electron chi connectivity index (χ2n) is 6.21. The Morgan fingerprint density at radius 1 is 1.07 bits per heavy atom. The summed E-state index contributed by atoms with van der Waals surface area (Å²) in [6, 6.07) is 0. The number of amides is 1. The van der Waals surface area contributed by atoms with Crippen LogP contribution in [0, 0.1) is 10.8 Å². The van der Waals surface area contributed by atoms with Crippen LogP contribution in [0.4, 0.5) is 0 Å². The van der Waals surface area contributed by atoms with Crippen molar-refractivity contribution in [2.75, 3.05) is 20.1 Å². The molecule has 0 aromatic heterocycles. The fourth-order valence-electron chi connectivity index (χ4n) is 1.42. The number of rotatable bonds is 5. The van der Waals surface area contributed by atoms with Gasteiger partial charge < -0.3 is 10.6 Å². The van der Waals surface area contributed by atoms with E-state index < -0.39 is 0 Å². The number of hydrogen-bond acceptors (Lipinski definition) is 2. The molecule has 2 N–H and O–H groups in total. The number of nitrogens with one attached hydrogen (secondary N) is 2. The van der Waals surface area contributed by atoms with E-state index in [1.807, 2.05) is 7.05 Å². The molecule has 0 fully saturated rings. The van der Waals surface area contributed by atoms with E-state index in [4.69, 9.17) is 0 Å². The summed E-state index contributed by atoms with van der Waals surface area (Å²) in [6.07, 6.45) is 0.586. The summed E-state index contributed by atoms with van der Waals surface area (Å²) in [7, 11) is 1.93. The molecule has 3 nitrogen and oxygen atoms in total. The molecule has 0 rings (SSSR count). The lowest BCUT2D eigenvalue weighted by atomic mass is 9.90. The number of carbonyl (C=O) groups excluding carboxylic acids is 1. The topological polar surface area (TPSA) is 41.1 Å². The van der Waals surface area contributed by atoms with E-state index in [9.17, 15) is 4.79 Å². The predicted molar refractivity (Wildman–Crippen MR) is 64.8 cm³/mol. The first-order valence-corrected chi connectivity index (χ1v) is 5.58. The fraction of sp³-hybridized carbons (Fsp3) is 0.917. The van der Waals surface area contributed by atoms with Crippen molar-refractivity contribution in [2.24, 2.45) is 10.8 Å². The van der Waals surface area contributed by atoms with Crippen LogP contribution in [0.15, 0.2) is 0 Å². The van der Waals surface area contributed by atoms with Crippen LogP contribution in [-0.4, -0.2) is 26.0 Å². The average molecular weight is 214 g/mol. The average Bonchev–Trinajstić information content (AvgIpc) is 1.98. The Morgan fingerprint density at radius 2 is 1.60 bits per heavy atom. The maximum atomic E-state index is 11.6. The van der Waals surface area contributed by atoms with E-state index in [1.165, 1.54) is 0 Å². The lowest BCUT2D eigenvalue weighted by Gasteiger charge is -2.25. The van der Waals surface area contributed by atoms with E-state index in [2.05, 4.69) is 45.3 Å². The van der Waals surface area contributed by atoms with E-state index in [0.717, 1.165) is 13.1 Å². The van der Waals surface area contributed by atoms with Gasteiger partial charge in [-0.25, -0.2) is 0 Å². The lowest BCUT2D eigenvalue weighted by Crippen LogP contribution is -2.40. The Hall–Kier alpha value is -0.570. The molecule has 0 saturated heterocycles. The van der Waals surface area contributed by atoms with Crippen LogP contribution in [0.5, 0.6) is 0 Å². The van der Waals surface area contributed by atoms with Crippen LogP contribution < -0.4 is 10.6 Å². The van der Waals surface area contributed by atoms with Crippen LogP contribution in [-0.2, 0) is 4.79 Å². The summed E-state index contributed by atoms with van der Waals surface area (Å²) in [6.45, 7) is 12.1. The monoisotopic (exact) mass is 214 g/mol. The molecule has 0 aliphatic rings. The Labute approximate surface area is 94.0 Å². The molecule has 1 amide bonds. The molecule has 0 aliphatic heterocycles. The van der Waals surface area contributed by atoms with Crippen molar-refractivity contribution in [3.8, 4) is 0 Å². The third-order valence-electron chi connectivity index (χ3n) is 2.11. The molecule has 90 valence electrons. The van der Waals surface area contributed by atoms with Gasteiger partial charge >= 0.3 is 0 Å². The third kappa shape index (κ3) is 8.43. The maximum Gasteiger partial charge on any atom is 0.220 e. The standard InChI is InChI=1S/C12H26N2O/c1-11(2,3)7-10(15)14-9-12(4,5)8-13-6/h13H,7-9H2,1-6H3,(H,14,15). The minimum absolute atomic E-state index is 0.0667. The Kier molecular flexibility index (Phi) is 5.29. The summed E-state index contributed by atoms with van der Waals surface area (Å²) >= 11 is 0. The van der Waals surface area contributed by atoms with Gasteiger partial charge in [-0.2, -0.15) is 0 Å². The van der Waals surface area contributed by atoms with E-state index >= 15 is 0 Å². The molecule has 0 unspecified atom stereocenters. The molecule has 0 aliphatic carbocycles. The summed E-state index contributed by atoms with van der Waals surface area (Å²) in [5, 5.41) is 6.11. The summed E-state index contributed by atoms with van der Waals surface area (Å²) in [5.74, 6) is 0.145. The van der Waals surface area contributed by atoms with Crippen molar-refractivity contribution in [3.05, 3.63) is 0 Å². The van der Waals surface area contributed by atoms with E-state index in [-0.39, 0.29) is 16.7 Å². The van der Waals surface area contributed by atoms with Crippen molar-refractivity contribution >= 4 is 5.91 Å². The molecule has 0 atom stereocenters. The van der Waals surface area contributed by atoms with Crippen LogP contribution in [0.1, 0.15) is 41.0 Å². The number of hydrogen-bond donors (Lipinski definition) is 2. The molecular weight excluding hydrogens is 188 g/mol. The third-order valence-corrected chi connectivity index (χ3v) is 2.11. The first-order valence-electron chi connectivity index (χ1n) is 5.58. The van der Waals surface area contributed by atoms with Gasteiger partial charge in [0.2, 0.25) is 5.91 Å². The van der Waals surface area contributed by atoms with Crippen molar-refractivity contribution in [2.45, 2.75) is 41.0 Å². The molecule has 15 heavy (non-hydrogen) atoms. The molecule has 0 saturated carbocycles. The van der Waals surface area contributed by atoms with Crippen LogP contribution in [0.2, 0.25) is 0 Å². The largest absolute Gasteiger partial charge is 0.356 e. The first kappa shape index (κ1) is 14.4. The zero-order valence-corrected chi connectivity index (χ0v) is 11.0. The van der Waals surface area contributed by atoms with Gasteiger partial charge in [0.15, 0.2) is 0 Å². The zero-order valence-electron chi connectivity index (χ0n) is 11.0. The van der Waals surface area contributed by atoms with Crippen LogP contribution in [0.3, 0.4) is 0 Å². The second-order valence-corrected chi connectivity index (χ2v) is 6.21. The van der Waals surface area contributed by atoms with Gasteiger partial charge in [0.25, 0.3) is 0 Å². The molecule has 0 radical (unpaired) electrons. The Balaban J connectivity index is 3.90. The minimum Gasteiger partial charge on any atom is -0.356 e. The normalized spacial score (nSPS) is 12.7. The predicted octanol–water partition coefficient (Wildman–Crippen LogP) is 1.78. The molecule has 0 aromatic rings. The van der Waals surface area contributed by atoms with Gasteiger partial charge in [-0.3, -0.25) is 4.79 Å². The minimum atomic E-state index is 0.0667. The summed E-state index contributed by atoms with van der Waals surface area (Å²) in [5.41, 5.74) is 0.180. The molecule has 0 heterocycles. The first-order chi connectivity index (χ1) is 6.66. The summed E-state index contributed by atoms with van der Waals surface area (Å²) < 4.78 is 0. The van der Waals surface area contributed by atoms with Crippen molar-refractivity contribution < 1.29 is 4.79 Å². The van der Waals surface area contributed by atoms with Crippen molar-refractivity contribution in [1.29, 1.82) is 0 Å². The van der Waals surface area contributed by atoms with Gasteiger partial charge in [0, 0.05) is 19.5 Å². The van der Waals surface area contributed by atoms with Crippen LogP contribution in [0.25, 0.3) is 0 Å². The SMILES string of the molecule is CNCC(C)(C)CNC(=O)CC(C)(C)C. The smallest absolute Gasteiger partial charge is 0.220 e. The van der Waals surface area contributed by atoms with Gasteiger partial charge in [-0.05, 0) is 17.9 Å². The van der Waals surface area contributed by atoms with Gasteiger partial charge in [-0.15, -0.1) is 0 Å². The zero-order chi connectivity index (χ0) is 12.1. The summed E-state index contributed by atoms with van der Waals surface area (Å²) in [4.78, 5) is 11.6. The molecule has 3 heteroatoms. The van der Waals surface area contributed by atoms with Gasteiger partial charge in [0.05, 0.1) is 0 Å². The lowest BCUT2D eigenvalue weighted by molar-refractivity contribution is -0.123. The highest BCUT2D eigenvalue weighted by molar-refractivity contribution is 5.76. The highest BCUT2D eigenvalue weighted by Crippen LogP contribution is 2.18.